The molecule has 3 heterocycles. The van der Waals surface area contributed by atoms with Gasteiger partial charge in [0.05, 0.1) is 12.5 Å². The van der Waals surface area contributed by atoms with Crippen LogP contribution in [0.2, 0.25) is 0 Å². The summed E-state index contributed by atoms with van der Waals surface area (Å²) in [5.41, 5.74) is 1.20. The quantitative estimate of drug-likeness (QED) is 0.451. The van der Waals surface area contributed by atoms with Crippen molar-refractivity contribution in [3.8, 4) is 17.1 Å². The van der Waals surface area contributed by atoms with Gasteiger partial charge in [0.25, 0.3) is 5.56 Å². The second kappa shape index (κ2) is 7.05. The zero-order chi connectivity index (χ0) is 21.9. The number of nitrogens with zero attached hydrogens (tertiary/aromatic N) is 1. The molecule has 0 unspecified atom stereocenters. The molecule has 1 aliphatic rings. The number of hydrogen-bond donors (Lipinski definition) is 1. The minimum Gasteiger partial charge on any atom is -0.493 e. The van der Waals surface area contributed by atoms with Crippen LogP contribution in [-0.4, -0.2) is 17.1 Å². The van der Waals surface area contributed by atoms with Gasteiger partial charge in [-0.25, -0.2) is 9.78 Å². The van der Waals surface area contributed by atoms with Crippen LogP contribution in [0.4, 0.5) is 0 Å². The van der Waals surface area contributed by atoms with Gasteiger partial charge in [-0.2, -0.15) is 0 Å². The van der Waals surface area contributed by atoms with Crippen molar-refractivity contribution in [2.24, 2.45) is 11.3 Å². The van der Waals surface area contributed by atoms with Crippen molar-refractivity contribution in [1.82, 2.24) is 9.97 Å². The molecule has 5 rings (SSSR count). The lowest BCUT2D eigenvalue weighted by atomic mass is 9.72. The molecule has 0 aliphatic heterocycles. The number of hydrogen-bond acceptors (Lipinski definition) is 6. The van der Waals surface area contributed by atoms with Crippen LogP contribution in [-0.2, 0) is 12.8 Å². The lowest BCUT2D eigenvalue weighted by Gasteiger charge is -2.33. The van der Waals surface area contributed by atoms with E-state index in [2.05, 4.69) is 30.7 Å². The first-order valence-electron chi connectivity index (χ1n) is 10.4. The smallest absolute Gasteiger partial charge is 0.347 e. The molecule has 7 heteroatoms. The number of thiophene rings is 1. The van der Waals surface area contributed by atoms with Crippen molar-refractivity contribution in [3.05, 3.63) is 55.5 Å². The summed E-state index contributed by atoms with van der Waals surface area (Å²) >= 11 is 1.57. The van der Waals surface area contributed by atoms with E-state index in [-0.39, 0.29) is 22.4 Å². The van der Waals surface area contributed by atoms with E-state index >= 15 is 0 Å². The number of H-pyrrole nitrogens is 1. The van der Waals surface area contributed by atoms with Gasteiger partial charge in [-0.15, -0.1) is 11.3 Å². The van der Waals surface area contributed by atoms with Gasteiger partial charge < -0.3 is 14.1 Å². The Morgan fingerprint density at radius 1 is 1.26 bits per heavy atom. The third-order valence-corrected chi connectivity index (χ3v) is 7.49. The maximum absolute atomic E-state index is 13.0. The first kappa shape index (κ1) is 20.0. The van der Waals surface area contributed by atoms with Gasteiger partial charge in [-0.3, -0.25) is 4.79 Å². The number of fused-ring (bicyclic) bond motifs is 4. The number of rotatable bonds is 2. The third kappa shape index (κ3) is 3.28. The first-order valence-corrected chi connectivity index (χ1v) is 11.2. The number of aromatic nitrogens is 2. The van der Waals surface area contributed by atoms with E-state index in [9.17, 15) is 9.59 Å². The summed E-state index contributed by atoms with van der Waals surface area (Å²) in [5, 5.41) is 1.37. The summed E-state index contributed by atoms with van der Waals surface area (Å²) in [7, 11) is 1.53. The summed E-state index contributed by atoms with van der Waals surface area (Å²) < 4.78 is 10.8. The van der Waals surface area contributed by atoms with Crippen LogP contribution in [0.25, 0.3) is 32.6 Å². The minimum absolute atomic E-state index is 0.197. The normalized spacial score (nSPS) is 16.6. The van der Waals surface area contributed by atoms with Crippen LogP contribution in [0.5, 0.6) is 5.75 Å². The Bertz CT molecular complexity index is 1440. The fourth-order valence-corrected chi connectivity index (χ4v) is 5.79. The van der Waals surface area contributed by atoms with E-state index in [1.165, 1.54) is 12.0 Å². The molecule has 3 aromatic heterocycles. The fraction of sp³-hybridized carbons (Fsp3) is 0.375. The van der Waals surface area contributed by atoms with Gasteiger partial charge in [0.15, 0.2) is 11.3 Å². The highest BCUT2D eigenvalue weighted by Crippen LogP contribution is 2.42. The van der Waals surface area contributed by atoms with Crippen molar-refractivity contribution >= 4 is 32.5 Å². The van der Waals surface area contributed by atoms with Gasteiger partial charge in [-0.05, 0) is 48.3 Å². The predicted molar refractivity (Wildman–Crippen MR) is 123 cm³/mol. The van der Waals surface area contributed by atoms with E-state index in [1.807, 2.05) is 12.1 Å². The molecule has 0 amide bonds. The van der Waals surface area contributed by atoms with Gasteiger partial charge in [0, 0.05) is 10.3 Å². The first-order chi connectivity index (χ1) is 14.8. The van der Waals surface area contributed by atoms with Crippen LogP contribution in [0, 0.1) is 11.3 Å². The maximum Gasteiger partial charge on any atom is 0.347 e. The van der Waals surface area contributed by atoms with Gasteiger partial charge >= 0.3 is 5.63 Å². The van der Waals surface area contributed by atoms with Gasteiger partial charge in [0.1, 0.15) is 16.2 Å². The molecule has 1 aliphatic carbocycles. The minimum atomic E-state index is -0.561. The van der Waals surface area contributed by atoms with Crippen molar-refractivity contribution in [2.75, 3.05) is 7.11 Å². The largest absolute Gasteiger partial charge is 0.493 e. The lowest BCUT2D eigenvalue weighted by molar-refractivity contribution is 0.218. The number of ether oxygens (including phenoxy) is 1. The molecule has 1 N–H and O–H groups in total. The molecule has 0 bridgehead atoms. The Balaban J connectivity index is 1.65. The highest BCUT2D eigenvalue weighted by molar-refractivity contribution is 7.18. The third-order valence-electron chi connectivity index (χ3n) is 6.34. The summed E-state index contributed by atoms with van der Waals surface area (Å²) in [6, 6.07) is 7.08. The van der Waals surface area contributed by atoms with Crippen molar-refractivity contribution < 1.29 is 9.15 Å². The van der Waals surface area contributed by atoms with E-state index in [0.29, 0.717) is 32.9 Å². The fourth-order valence-electron chi connectivity index (χ4n) is 4.49. The van der Waals surface area contributed by atoms with E-state index in [0.717, 1.165) is 24.8 Å². The molecule has 1 atom stereocenters. The zero-order valence-corrected chi connectivity index (χ0v) is 18.8. The molecular weight excluding hydrogens is 412 g/mol. The summed E-state index contributed by atoms with van der Waals surface area (Å²) in [5.74, 6) is 1.30. The Labute approximate surface area is 182 Å². The maximum atomic E-state index is 13.0. The zero-order valence-electron chi connectivity index (χ0n) is 18.0. The molecule has 160 valence electrons. The molecule has 0 spiro atoms. The molecule has 4 aromatic rings. The molecule has 0 radical (unpaired) electrons. The average molecular weight is 437 g/mol. The van der Waals surface area contributed by atoms with Crippen molar-refractivity contribution in [3.63, 3.8) is 0 Å². The van der Waals surface area contributed by atoms with Crippen LogP contribution < -0.4 is 15.9 Å². The summed E-state index contributed by atoms with van der Waals surface area (Å²) in [6.07, 6.45) is 2.92. The summed E-state index contributed by atoms with van der Waals surface area (Å²) in [4.78, 5) is 35.2. The molecule has 0 saturated carbocycles. The Kier molecular flexibility index (Phi) is 4.55. The molecule has 31 heavy (non-hydrogen) atoms. The SMILES string of the molecule is COc1cccc2cc(-c3nc4sc5c(c4c(=O)[nH]3)CC[C@@H](C(C)(C)C)C5)c(=O)oc12. The van der Waals surface area contributed by atoms with Gasteiger partial charge in [-0.1, -0.05) is 32.9 Å². The number of para-hydroxylation sites is 1. The number of aryl methyl sites for hydroxylation is 1. The van der Waals surface area contributed by atoms with Crippen LogP contribution in [0.1, 0.15) is 37.6 Å². The Morgan fingerprint density at radius 3 is 2.81 bits per heavy atom. The van der Waals surface area contributed by atoms with Crippen LogP contribution in [0.3, 0.4) is 0 Å². The second-order valence-corrected chi connectivity index (χ2v) is 10.3. The van der Waals surface area contributed by atoms with E-state index < -0.39 is 5.63 Å². The lowest BCUT2D eigenvalue weighted by Crippen LogP contribution is -2.26. The molecule has 6 nitrogen and oxygen atoms in total. The number of nitrogens with one attached hydrogen (secondary N) is 1. The average Bonchev–Trinajstić information content (AvgIpc) is 3.10. The Hall–Kier alpha value is -2.93. The molecule has 0 saturated heterocycles. The standard InChI is InChI=1S/C24H24N2O4S/c1-24(2,3)13-8-9-14-17(11-13)31-22-18(14)21(27)25-20(26-22)15-10-12-6-5-7-16(29-4)19(12)30-23(15)28/h5-7,10,13H,8-9,11H2,1-4H3,(H,25,26,27)/t13-/m1/s1. The number of benzene rings is 1. The topological polar surface area (TPSA) is 85.2 Å². The molecular formula is C24H24N2O4S. The molecule has 0 fully saturated rings. The van der Waals surface area contributed by atoms with E-state index in [4.69, 9.17) is 9.15 Å². The van der Waals surface area contributed by atoms with Crippen molar-refractivity contribution in [1.29, 1.82) is 0 Å². The van der Waals surface area contributed by atoms with Crippen molar-refractivity contribution in [2.45, 2.75) is 40.0 Å². The second-order valence-electron chi connectivity index (χ2n) is 9.23. The highest BCUT2D eigenvalue weighted by Gasteiger charge is 2.31. The van der Waals surface area contributed by atoms with Crippen LogP contribution in [0.15, 0.2) is 38.3 Å². The predicted octanol–water partition coefficient (Wildman–Crippen LogP) is 4.92. The van der Waals surface area contributed by atoms with E-state index in [1.54, 1.807) is 23.5 Å². The van der Waals surface area contributed by atoms with Crippen LogP contribution >= 0.6 is 11.3 Å². The number of methoxy groups -OCH3 is 1. The monoisotopic (exact) mass is 436 g/mol. The Morgan fingerprint density at radius 2 is 2.06 bits per heavy atom. The molecule has 1 aromatic carbocycles. The summed E-state index contributed by atoms with van der Waals surface area (Å²) in [6.45, 7) is 6.81. The van der Waals surface area contributed by atoms with Gasteiger partial charge in [0.2, 0.25) is 0 Å². The number of aromatic amines is 1. The highest BCUT2D eigenvalue weighted by atomic mass is 32.1.